The molecule has 0 amide bonds. The van der Waals surface area contributed by atoms with Crippen LogP contribution in [0.4, 0.5) is 0 Å². The van der Waals surface area contributed by atoms with Crippen molar-refractivity contribution in [3.8, 4) is 0 Å². The van der Waals surface area contributed by atoms with Gasteiger partial charge in [-0.25, -0.2) is 4.98 Å². The number of hydrogen-bond acceptors (Lipinski definition) is 4. The van der Waals surface area contributed by atoms with Crippen LogP contribution in [0.2, 0.25) is 0 Å². The van der Waals surface area contributed by atoms with E-state index >= 15 is 0 Å². The van der Waals surface area contributed by atoms with Gasteiger partial charge in [-0.15, -0.1) is 11.3 Å². The van der Waals surface area contributed by atoms with Gasteiger partial charge in [-0.05, 0) is 32.9 Å². The number of hydrogen-bond donors (Lipinski definition) is 2. The van der Waals surface area contributed by atoms with Crippen molar-refractivity contribution in [2.45, 2.75) is 39.2 Å². The van der Waals surface area contributed by atoms with Gasteiger partial charge in [0.2, 0.25) is 0 Å². The fraction of sp³-hybridized carbons (Fsp3) is 0.667. The normalized spacial score (nSPS) is 17.9. The molecular weight excluding hydrogens is 232 g/mol. The third-order valence-electron chi connectivity index (χ3n) is 3.14. The Morgan fingerprint density at radius 1 is 1.35 bits per heavy atom. The van der Waals surface area contributed by atoms with Crippen molar-refractivity contribution in [3.05, 3.63) is 15.6 Å². The second kappa shape index (κ2) is 5.60. The predicted octanol–water partition coefficient (Wildman–Crippen LogP) is 2.11. The standard InChI is InChI=1S/C12H20N4S/c1-9-11(12(13)14)17-10(15-9)8-16-6-4-2-3-5-7-16/h2-8H2,1H3,(H3,13,14). The molecule has 2 heterocycles. The molecule has 1 saturated heterocycles. The first kappa shape index (κ1) is 12.5. The maximum atomic E-state index is 7.48. The Morgan fingerprint density at radius 3 is 2.53 bits per heavy atom. The largest absolute Gasteiger partial charge is 0.383 e. The van der Waals surface area contributed by atoms with E-state index in [-0.39, 0.29) is 5.84 Å². The minimum Gasteiger partial charge on any atom is -0.383 e. The molecule has 94 valence electrons. The van der Waals surface area contributed by atoms with Gasteiger partial charge in [-0.3, -0.25) is 10.3 Å². The van der Waals surface area contributed by atoms with Crippen LogP contribution in [0.3, 0.4) is 0 Å². The molecule has 0 atom stereocenters. The van der Waals surface area contributed by atoms with Gasteiger partial charge in [0.1, 0.15) is 10.8 Å². The lowest BCUT2D eigenvalue weighted by Crippen LogP contribution is -2.23. The predicted molar refractivity (Wildman–Crippen MR) is 71.6 cm³/mol. The molecule has 5 heteroatoms. The van der Waals surface area contributed by atoms with Crippen LogP contribution in [0.15, 0.2) is 0 Å². The van der Waals surface area contributed by atoms with Gasteiger partial charge in [-0.2, -0.15) is 0 Å². The lowest BCUT2D eigenvalue weighted by molar-refractivity contribution is 0.276. The van der Waals surface area contributed by atoms with Crippen LogP contribution in [0.1, 0.15) is 41.3 Å². The van der Waals surface area contributed by atoms with Crippen LogP contribution in [-0.2, 0) is 6.54 Å². The van der Waals surface area contributed by atoms with E-state index in [1.807, 2.05) is 6.92 Å². The van der Waals surface area contributed by atoms with E-state index in [2.05, 4.69) is 9.88 Å². The number of rotatable bonds is 3. The van der Waals surface area contributed by atoms with Crippen LogP contribution in [0.5, 0.6) is 0 Å². The first-order valence-electron chi connectivity index (χ1n) is 6.20. The molecule has 1 aliphatic rings. The lowest BCUT2D eigenvalue weighted by Gasteiger charge is -2.17. The van der Waals surface area contributed by atoms with E-state index in [9.17, 15) is 0 Å². The number of nitrogens with two attached hydrogens (primary N) is 1. The molecule has 0 spiro atoms. The summed E-state index contributed by atoms with van der Waals surface area (Å²) in [5.74, 6) is 0.141. The molecule has 2 rings (SSSR count). The van der Waals surface area contributed by atoms with E-state index in [4.69, 9.17) is 11.1 Å². The number of likely N-dealkylation sites (tertiary alicyclic amines) is 1. The molecular formula is C12H20N4S. The van der Waals surface area contributed by atoms with Crippen molar-refractivity contribution >= 4 is 17.2 Å². The second-order valence-corrected chi connectivity index (χ2v) is 5.71. The zero-order valence-corrected chi connectivity index (χ0v) is 11.1. The topological polar surface area (TPSA) is 66.0 Å². The first-order chi connectivity index (χ1) is 8.16. The molecule has 1 aromatic heterocycles. The van der Waals surface area contributed by atoms with Crippen LogP contribution >= 0.6 is 11.3 Å². The van der Waals surface area contributed by atoms with E-state index in [0.29, 0.717) is 0 Å². The number of amidine groups is 1. The summed E-state index contributed by atoms with van der Waals surface area (Å²) >= 11 is 1.57. The molecule has 1 aromatic rings. The Kier molecular flexibility index (Phi) is 4.12. The van der Waals surface area contributed by atoms with Gasteiger partial charge in [0.05, 0.1) is 17.1 Å². The van der Waals surface area contributed by atoms with Gasteiger partial charge in [0.15, 0.2) is 0 Å². The maximum Gasteiger partial charge on any atom is 0.135 e. The van der Waals surface area contributed by atoms with E-state index < -0.39 is 0 Å². The van der Waals surface area contributed by atoms with Crippen LogP contribution in [0.25, 0.3) is 0 Å². The summed E-state index contributed by atoms with van der Waals surface area (Å²) in [6.45, 7) is 5.19. The average Bonchev–Trinajstić information content (AvgIpc) is 2.50. The molecule has 4 nitrogen and oxygen atoms in total. The molecule has 0 unspecified atom stereocenters. The monoisotopic (exact) mass is 252 g/mol. The minimum atomic E-state index is 0.141. The maximum absolute atomic E-state index is 7.48. The summed E-state index contributed by atoms with van der Waals surface area (Å²) < 4.78 is 0. The zero-order chi connectivity index (χ0) is 12.3. The fourth-order valence-electron chi connectivity index (χ4n) is 2.26. The van der Waals surface area contributed by atoms with E-state index in [0.717, 1.165) is 22.1 Å². The van der Waals surface area contributed by atoms with Crippen molar-refractivity contribution in [1.82, 2.24) is 9.88 Å². The van der Waals surface area contributed by atoms with E-state index in [1.54, 1.807) is 11.3 Å². The Morgan fingerprint density at radius 2 is 2.00 bits per heavy atom. The third-order valence-corrected chi connectivity index (χ3v) is 4.32. The number of nitrogens with one attached hydrogen (secondary N) is 1. The van der Waals surface area contributed by atoms with Crippen molar-refractivity contribution in [2.24, 2.45) is 5.73 Å². The summed E-state index contributed by atoms with van der Waals surface area (Å²) in [6.07, 6.45) is 5.30. The molecule has 3 N–H and O–H groups in total. The molecule has 17 heavy (non-hydrogen) atoms. The zero-order valence-electron chi connectivity index (χ0n) is 10.3. The lowest BCUT2D eigenvalue weighted by atomic mass is 10.2. The van der Waals surface area contributed by atoms with Gasteiger partial charge >= 0.3 is 0 Å². The molecule has 1 fully saturated rings. The van der Waals surface area contributed by atoms with Crippen molar-refractivity contribution < 1.29 is 0 Å². The molecule has 0 bridgehead atoms. The van der Waals surface area contributed by atoms with Crippen LogP contribution < -0.4 is 5.73 Å². The van der Waals surface area contributed by atoms with Crippen molar-refractivity contribution in [3.63, 3.8) is 0 Å². The highest BCUT2D eigenvalue weighted by atomic mass is 32.1. The summed E-state index contributed by atoms with van der Waals surface area (Å²) in [7, 11) is 0. The van der Waals surface area contributed by atoms with Crippen LogP contribution in [-0.4, -0.2) is 28.8 Å². The Bertz CT molecular complexity index is 391. The minimum absolute atomic E-state index is 0.141. The molecule has 1 aliphatic heterocycles. The van der Waals surface area contributed by atoms with E-state index in [1.165, 1.54) is 38.8 Å². The molecule has 0 radical (unpaired) electrons. The smallest absolute Gasteiger partial charge is 0.135 e. The number of thiazole rings is 1. The molecule has 0 aliphatic carbocycles. The highest BCUT2D eigenvalue weighted by Gasteiger charge is 2.14. The van der Waals surface area contributed by atoms with Crippen molar-refractivity contribution in [1.29, 1.82) is 5.41 Å². The number of aryl methyl sites for hydroxylation is 1. The fourth-order valence-corrected chi connectivity index (χ4v) is 3.22. The summed E-state index contributed by atoms with van der Waals surface area (Å²) in [4.78, 5) is 7.81. The van der Waals surface area contributed by atoms with Crippen LogP contribution in [0, 0.1) is 12.3 Å². The first-order valence-corrected chi connectivity index (χ1v) is 7.01. The SMILES string of the molecule is Cc1nc(CN2CCCCCC2)sc1C(=N)N. The third kappa shape index (κ3) is 3.26. The summed E-state index contributed by atoms with van der Waals surface area (Å²) in [5, 5.41) is 8.57. The number of aromatic nitrogens is 1. The quantitative estimate of drug-likeness (QED) is 0.639. The Labute approximate surface area is 106 Å². The van der Waals surface area contributed by atoms with Crippen molar-refractivity contribution in [2.75, 3.05) is 13.1 Å². The number of nitrogens with zero attached hydrogens (tertiary/aromatic N) is 2. The summed E-state index contributed by atoms with van der Waals surface area (Å²) in [6, 6.07) is 0. The Balaban J connectivity index is 2.02. The van der Waals surface area contributed by atoms with Gasteiger partial charge in [0.25, 0.3) is 0 Å². The summed E-state index contributed by atoms with van der Waals surface area (Å²) in [5.41, 5.74) is 6.42. The highest BCUT2D eigenvalue weighted by molar-refractivity contribution is 7.13. The van der Waals surface area contributed by atoms with Gasteiger partial charge < -0.3 is 5.73 Å². The highest BCUT2D eigenvalue weighted by Crippen LogP contribution is 2.20. The molecule has 0 saturated carbocycles. The second-order valence-electron chi connectivity index (χ2n) is 4.63. The number of nitrogen functional groups attached to an aromatic ring is 1. The Hall–Kier alpha value is -0.940. The molecule has 0 aromatic carbocycles. The average molecular weight is 252 g/mol. The van der Waals surface area contributed by atoms with Gasteiger partial charge in [0, 0.05) is 0 Å². The van der Waals surface area contributed by atoms with Gasteiger partial charge in [-0.1, -0.05) is 12.8 Å².